The van der Waals surface area contributed by atoms with Gasteiger partial charge in [0.2, 0.25) is 10.0 Å². The fourth-order valence-electron chi connectivity index (χ4n) is 5.46. The van der Waals surface area contributed by atoms with Crippen molar-refractivity contribution in [1.29, 1.82) is 0 Å². The fraction of sp³-hybridized carbons (Fsp3) is 0.515. The van der Waals surface area contributed by atoms with E-state index in [0.717, 1.165) is 6.42 Å². The molecule has 4 rings (SSSR count). The molecular formula is C33H47N5O9S2. The molecule has 2 heterocycles. The lowest BCUT2D eigenvalue weighted by Crippen LogP contribution is -2.48. The Kier molecular flexibility index (Phi) is 12.7. The number of fused-ring (bicyclic) bond motifs is 1. The standard InChI is InChI=1S/C33H47N5O9S2/c1-23-18-38(24(2)21-39)33(40)29-17-26(35-48(41,42)32-20-36(4)22-34-32)10-15-30(29)47-25(3)9-7-8-16-46-31(23)19-37(5)49(43,44)28-13-11-27(45-6)12-14-28/h10-15,17,20,22-25,31,35,39H,7-9,16,18-19,21H2,1-6H3/t23-,24+,25-,31-/m1/s1. The Bertz CT molecular complexity index is 1780. The van der Waals surface area contributed by atoms with Gasteiger partial charge in [0, 0.05) is 51.6 Å². The maximum atomic E-state index is 14.4. The summed E-state index contributed by atoms with van der Waals surface area (Å²) in [4.78, 5) is 19.9. The number of sulfonamides is 2. The molecule has 0 radical (unpaired) electrons. The Morgan fingerprint density at radius 2 is 1.84 bits per heavy atom. The van der Waals surface area contributed by atoms with Crippen molar-refractivity contribution in [2.45, 2.75) is 68.2 Å². The maximum Gasteiger partial charge on any atom is 0.280 e. The van der Waals surface area contributed by atoms with E-state index in [1.165, 1.54) is 64.7 Å². The van der Waals surface area contributed by atoms with Crippen LogP contribution in [0.25, 0.3) is 0 Å². The number of imidazole rings is 1. The van der Waals surface area contributed by atoms with Crippen molar-refractivity contribution in [3.05, 3.63) is 60.6 Å². The first-order chi connectivity index (χ1) is 23.2. The molecule has 1 aliphatic rings. The summed E-state index contributed by atoms with van der Waals surface area (Å²) in [6, 6.07) is 9.98. The number of aryl methyl sites for hydroxylation is 1. The molecule has 14 nitrogen and oxygen atoms in total. The summed E-state index contributed by atoms with van der Waals surface area (Å²) in [5, 5.41) is 10.0. The van der Waals surface area contributed by atoms with Crippen molar-refractivity contribution in [1.82, 2.24) is 18.8 Å². The van der Waals surface area contributed by atoms with E-state index in [1.807, 2.05) is 13.8 Å². The number of benzene rings is 2. The first-order valence-electron chi connectivity index (χ1n) is 16.1. The van der Waals surface area contributed by atoms with Crippen LogP contribution in [-0.2, 0) is 31.8 Å². The van der Waals surface area contributed by atoms with Crippen molar-refractivity contribution < 1.29 is 40.9 Å². The average Bonchev–Trinajstić information content (AvgIpc) is 3.53. The second-order valence-corrected chi connectivity index (χ2v) is 16.1. The highest BCUT2D eigenvalue weighted by molar-refractivity contribution is 7.92. The molecule has 1 amide bonds. The van der Waals surface area contributed by atoms with Crippen LogP contribution in [0.4, 0.5) is 5.69 Å². The third-order valence-electron chi connectivity index (χ3n) is 8.46. The number of amides is 1. The Morgan fingerprint density at radius 3 is 2.47 bits per heavy atom. The second kappa shape index (κ2) is 16.3. The highest BCUT2D eigenvalue weighted by Crippen LogP contribution is 2.30. The zero-order chi connectivity index (χ0) is 35.9. The van der Waals surface area contributed by atoms with Crippen LogP contribution in [0.5, 0.6) is 11.5 Å². The topological polar surface area (TPSA) is 170 Å². The van der Waals surface area contributed by atoms with Gasteiger partial charge >= 0.3 is 0 Å². The lowest BCUT2D eigenvalue weighted by molar-refractivity contribution is -0.00833. The zero-order valence-corrected chi connectivity index (χ0v) is 30.4. The summed E-state index contributed by atoms with van der Waals surface area (Å²) in [6.07, 6.45) is 3.94. The number of methoxy groups -OCH3 is 1. The largest absolute Gasteiger partial charge is 0.497 e. The number of nitrogens with one attached hydrogen (secondary N) is 1. The van der Waals surface area contributed by atoms with Gasteiger partial charge in [0.15, 0.2) is 5.03 Å². The minimum atomic E-state index is -4.06. The number of aromatic nitrogens is 2. The quantitative estimate of drug-likeness (QED) is 0.317. The normalized spacial score (nSPS) is 20.6. The number of carbonyl (C=O) groups excluding carboxylic acids is 1. The van der Waals surface area contributed by atoms with Gasteiger partial charge in [-0.15, -0.1) is 0 Å². The number of aliphatic hydroxyl groups is 1. The first-order valence-corrected chi connectivity index (χ1v) is 19.0. The molecule has 0 spiro atoms. The number of rotatable bonds is 10. The van der Waals surface area contributed by atoms with Crippen LogP contribution in [0, 0.1) is 5.92 Å². The van der Waals surface area contributed by atoms with Crippen molar-refractivity contribution >= 4 is 31.6 Å². The number of nitrogens with zero attached hydrogens (tertiary/aromatic N) is 4. The van der Waals surface area contributed by atoms with Crippen LogP contribution >= 0.6 is 0 Å². The van der Waals surface area contributed by atoms with Gasteiger partial charge in [0.05, 0.1) is 48.8 Å². The van der Waals surface area contributed by atoms with E-state index in [9.17, 15) is 26.7 Å². The highest BCUT2D eigenvalue weighted by Gasteiger charge is 2.33. The summed E-state index contributed by atoms with van der Waals surface area (Å²) < 4.78 is 76.1. The van der Waals surface area contributed by atoms with Gasteiger partial charge < -0.3 is 28.8 Å². The van der Waals surface area contributed by atoms with E-state index in [4.69, 9.17) is 14.2 Å². The smallest absolute Gasteiger partial charge is 0.280 e. The second-order valence-electron chi connectivity index (χ2n) is 12.5. The van der Waals surface area contributed by atoms with Crippen LogP contribution in [-0.4, -0.2) is 105 Å². The number of hydrogen-bond acceptors (Lipinski definition) is 10. The number of hydrogen-bond donors (Lipinski definition) is 2. The van der Waals surface area contributed by atoms with Gasteiger partial charge in [-0.25, -0.2) is 13.4 Å². The molecule has 0 saturated heterocycles. The molecule has 0 fully saturated rings. The van der Waals surface area contributed by atoms with Gasteiger partial charge in [-0.2, -0.15) is 12.7 Å². The van der Waals surface area contributed by atoms with E-state index in [2.05, 4.69) is 9.71 Å². The Hall–Kier alpha value is -3.70. The number of aliphatic hydroxyl groups excluding tert-OH is 1. The van der Waals surface area contributed by atoms with Crippen molar-refractivity contribution in [3.63, 3.8) is 0 Å². The maximum absolute atomic E-state index is 14.4. The molecule has 0 aliphatic carbocycles. The van der Waals surface area contributed by atoms with Crippen LogP contribution < -0.4 is 14.2 Å². The lowest BCUT2D eigenvalue weighted by Gasteiger charge is -2.35. The van der Waals surface area contributed by atoms with E-state index in [1.54, 1.807) is 32.2 Å². The molecule has 1 aromatic heterocycles. The molecule has 16 heteroatoms. The number of ether oxygens (including phenoxy) is 3. The molecule has 0 unspecified atom stereocenters. The van der Waals surface area contributed by atoms with E-state index >= 15 is 0 Å². The Balaban J connectivity index is 1.66. The lowest BCUT2D eigenvalue weighted by atomic mass is 10.0. The molecule has 0 bridgehead atoms. The van der Waals surface area contributed by atoms with Gasteiger partial charge in [-0.1, -0.05) is 6.92 Å². The molecule has 49 heavy (non-hydrogen) atoms. The van der Waals surface area contributed by atoms with Crippen molar-refractivity contribution in [2.75, 3.05) is 45.2 Å². The molecular weight excluding hydrogens is 675 g/mol. The highest BCUT2D eigenvalue weighted by atomic mass is 32.2. The minimum absolute atomic E-state index is 0.0145. The van der Waals surface area contributed by atoms with Gasteiger partial charge in [-0.3, -0.25) is 9.52 Å². The van der Waals surface area contributed by atoms with Gasteiger partial charge in [0.1, 0.15) is 11.5 Å². The van der Waals surface area contributed by atoms with Crippen molar-refractivity contribution in [2.24, 2.45) is 13.0 Å². The van der Waals surface area contributed by atoms with Gasteiger partial charge in [-0.05, 0) is 75.6 Å². The van der Waals surface area contributed by atoms with Crippen molar-refractivity contribution in [3.8, 4) is 11.5 Å². The van der Waals surface area contributed by atoms with Crippen LogP contribution in [0.2, 0.25) is 0 Å². The van der Waals surface area contributed by atoms with E-state index < -0.39 is 38.1 Å². The van der Waals surface area contributed by atoms with Crippen LogP contribution in [0.1, 0.15) is 50.4 Å². The average molecular weight is 722 g/mol. The number of anilines is 1. The molecule has 1 aliphatic heterocycles. The molecule has 0 saturated carbocycles. The molecule has 270 valence electrons. The third-order valence-corrected chi connectivity index (χ3v) is 11.6. The minimum Gasteiger partial charge on any atom is -0.497 e. The monoisotopic (exact) mass is 721 g/mol. The predicted molar refractivity (Wildman–Crippen MR) is 184 cm³/mol. The third kappa shape index (κ3) is 9.51. The summed E-state index contributed by atoms with van der Waals surface area (Å²) in [5.41, 5.74) is 0.237. The van der Waals surface area contributed by atoms with Crippen LogP contribution in [0.15, 0.2) is 64.9 Å². The molecule has 3 aromatic rings. The SMILES string of the molecule is COc1ccc(S(=O)(=O)N(C)C[C@H]2OCCCC[C@@H](C)Oc3ccc(NS(=O)(=O)c4cn(C)cn4)cc3C(=O)N([C@@H](C)CO)C[C@H]2C)cc1. The number of carbonyl (C=O) groups is 1. The number of likely N-dealkylation sites (N-methyl/N-ethyl adjacent to an activating group) is 1. The van der Waals surface area contributed by atoms with Crippen LogP contribution in [0.3, 0.4) is 0 Å². The Morgan fingerprint density at radius 1 is 1.12 bits per heavy atom. The van der Waals surface area contributed by atoms with Gasteiger partial charge in [0.25, 0.3) is 15.9 Å². The summed E-state index contributed by atoms with van der Waals surface area (Å²) in [7, 11) is -3.29. The summed E-state index contributed by atoms with van der Waals surface area (Å²) in [6.45, 7) is 5.58. The predicted octanol–water partition coefficient (Wildman–Crippen LogP) is 3.35. The fourth-order valence-corrected chi connectivity index (χ4v) is 7.68. The first kappa shape index (κ1) is 38.1. The molecule has 4 atom stereocenters. The Labute approximate surface area is 289 Å². The zero-order valence-electron chi connectivity index (χ0n) is 28.8. The summed E-state index contributed by atoms with van der Waals surface area (Å²) in [5.74, 6) is -0.0735. The molecule has 2 N–H and O–H groups in total. The summed E-state index contributed by atoms with van der Waals surface area (Å²) >= 11 is 0. The van der Waals surface area contributed by atoms with E-state index in [0.29, 0.717) is 25.2 Å². The molecule has 2 aromatic carbocycles. The van der Waals surface area contributed by atoms with E-state index in [-0.39, 0.29) is 58.6 Å².